The van der Waals surface area contributed by atoms with Crippen LogP contribution in [0.5, 0.6) is 11.5 Å². The molecule has 4 aromatic carbocycles. The van der Waals surface area contributed by atoms with Crippen LogP contribution in [0.2, 0.25) is 0 Å². The maximum absolute atomic E-state index is 6.50. The summed E-state index contributed by atoms with van der Waals surface area (Å²) in [5, 5.41) is 4.79. The molecule has 0 unspecified atom stereocenters. The molecule has 0 amide bonds. The fourth-order valence-corrected chi connectivity index (χ4v) is 4.95. The molecule has 0 saturated heterocycles. The molecule has 210 valence electrons. The number of hydrogen-bond acceptors (Lipinski definition) is 2. The maximum Gasteiger partial charge on any atom is 0.244 e. The summed E-state index contributed by atoms with van der Waals surface area (Å²) in [5.41, 5.74) is 2.44. The lowest BCUT2D eigenvalue weighted by atomic mass is 10.0. The SMILES string of the molecule is CC(C)CCOc1cc(Cn2cc[n+](Cc3ccc4ccccc4c3)c2)c(OCCC(C)C)c2ccccc12.[Br-]. The average Bonchev–Trinajstić information content (AvgIpc) is 3.36. The van der Waals surface area contributed by atoms with Crippen molar-refractivity contribution in [2.45, 2.75) is 53.6 Å². The monoisotopic (exact) mass is 600 g/mol. The number of halogens is 1. The maximum atomic E-state index is 6.50. The van der Waals surface area contributed by atoms with Gasteiger partial charge in [-0.1, -0.05) is 88.4 Å². The Labute approximate surface area is 249 Å². The molecule has 0 spiro atoms. The van der Waals surface area contributed by atoms with Gasteiger partial charge in [-0.05, 0) is 53.1 Å². The molecule has 0 bridgehead atoms. The van der Waals surface area contributed by atoms with Crippen LogP contribution in [0.15, 0.2) is 91.5 Å². The Morgan fingerprint density at radius 1 is 0.750 bits per heavy atom. The molecule has 5 aromatic rings. The molecule has 0 aliphatic rings. The number of rotatable bonds is 12. The average molecular weight is 602 g/mol. The van der Waals surface area contributed by atoms with E-state index in [0.717, 1.165) is 47.2 Å². The lowest BCUT2D eigenvalue weighted by Gasteiger charge is -2.18. The quantitative estimate of drug-likeness (QED) is 0.188. The number of benzene rings is 4. The summed E-state index contributed by atoms with van der Waals surface area (Å²) >= 11 is 0. The highest BCUT2D eigenvalue weighted by atomic mass is 79.9. The first kappa shape index (κ1) is 29.7. The fourth-order valence-electron chi connectivity index (χ4n) is 4.95. The zero-order valence-corrected chi connectivity index (χ0v) is 25.7. The Kier molecular flexibility index (Phi) is 10.3. The lowest BCUT2D eigenvalue weighted by Crippen LogP contribution is -3.00. The van der Waals surface area contributed by atoms with Crippen LogP contribution < -0.4 is 31.0 Å². The number of ether oxygens (including phenoxy) is 2. The first-order chi connectivity index (χ1) is 19.0. The fraction of sp³-hybridized carbons (Fsp3) is 0.343. The summed E-state index contributed by atoms with van der Waals surface area (Å²) in [4.78, 5) is 0. The van der Waals surface area contributed by atoms with Gasteiger partial charge in [0.05, 0.1) is 13.2 Å². The Bertz CT molecular complexity index is 1540. The van der Waals surface area contributed by atoms with Crippen molar-refractivity contribution in [2.75, 3.05) is 13.2 Å². The van der Waals surface area contributed by atoms with Crippen LogP contribution >= 0.6 is 0 Å². The summed E-state index contributed by atoms with van der Waals surface area (Å²) in [6, 6.07) is 25.9. The van der Waals surface area contributed by atoms with Crippen molar-refractivity contribution in [3.05, 3.63) is 103 Å². The summed E-state index contributed by atoms with van der Waals surface area (Å²) in [6.07, 6.45) is 8.53. The second-order valence-electron chi connectivity index (χ2n) is 11.4. The van der Waals surface area contributed by atoms with Crippen molar-refractivity contribution in [1.29, 1.82) is 0 Å². The first-order valence-corrected chi connectivity index (χ1v) is 14.3. The minimum absolute atomic E-state index is 0. The summed E-state index contributed by atoms with van der Waals surface area (Å²) < 4.78 is 17.3. The van der Waals surface area contributed by atoms with Gasteiger partial charge < -0.3 is 26.5 Å². The smallest absolute Gasteiger partial charge is 0.244 e. The number of hydrogen-bond donors (Lipinski definition) is 0. The molecule has 1 heterocycles. The van der Waals surface area contributed by atoms with Gasteiger partial charge in [0.1, 0.15) is 37.0 Å². The van der Waals surface area contributed by atoms with Crippen molar-refractivity contribution in [3.8, 4) is 11.5 Å². The minimum atomic E-state index is 0. The molecular weight excluding hydrogens is 560 g/mol. The van der Waals surface area contributed by atoms with E-state index in [1.54, 1.807) is 0 Å². The van der Waals surface area contributed by atoms with Gasteiger partial charge in [0.2, 0.25) is 6.33 Å². The predicted molar refractivity (Wildman–Crippen MR) is 161 cm³/mol. The van der Waals surface area contributed by atoms with Gasteiger partial charge >= 0.3 is 0 Å². The highest BCUT2D eigenvalue weighted by molar-refractivity contribution is 5.94. The second kappa shape index (κ2) is 13.8. The van der Waals surface area contributed by atoms with Crippen LogP contribution in [-0.4, -0.2) is 17.8 Å². The zero-order valence-electron chi connectivity index (χ0n) is 24.1. The van der Waals surface area contributed by atoms with Gasteiger partial charge in [0, 0.05) is 16.3 Å². The molecule has 0 radical (unpaired) electrons. The Balaban J connectivity index is 0.00000370. The van der Waals surface area contributed by atoms with E-state index in [2.05, 4.69) is 128 Å². The van der Waals surface area contributed by atoms with Gasteiger partial charge in [0.15, 0.2) is 0 Å². The van der Waals surface area contributed by atoms with E-state index in [-0.39, 0.29) is 17.0 Å². The highest BCUT2D eigenvalue weighted by Gasteiger charge is 2.18. The van der Waals surface area contributed by atoms with Crippen molar-refractivity contribution < 1.29 is 31.0 Å². The molecule has 0 aliphatic heterocycles. The van der Waals surface area contributed by atoms with E-state index in [0.29, 0.717) is 31.6 Å². The van der Waals surface area contributed by atoms with Crippen molar-refractivity contribution in [2.24, 2.45) is 11.8 Å². The van der Waals surface area contributed by atoms with Gasteiger partial charge in [-0.15, -0.1) is 0 Å². The molecular formula is C35H41BrN2O2. The summed E-state index contributed by atoms with van der Waals surface area (Å²) in [6.45, 7) is 11.9. The van der Waals surface area contributed by atoms with Gasteiger partial charge in [-0.2, -0.15) is 0 Å². The molecule has 5 heteroatoms. The third-order valence-electron chi connectivity index (χ3n) is 7.21. The first-order valence-electron chi connectivity index (χ1n) is 14.3. The van der Waals surface area contributed by atoms with Crippen LogP contribution in [0, 0.1) is 11.8 Å². The molecule has 0 atom stereocenters. The topological polar surface area (TPSA) is 27.3 Å². The molecule has 0 aliphatic carbocycles. The molecule has 1 aromatic heterocycles. The van der Waals surface area contributed by atoms with Crippen LogP contribution in [0.1, 0.15) is 51.7 Å². The predicted octanol–water partition coefficient (Wildman–Crippen LogP) is 5.03. The normalized spacial score (nSPS) is 11.3. The van der Waals surface area contributed by atoms with Gasteiger partial charge in [0.25, 0.3) is 0 Å². The standard InChI is InChI=1S/C35H41N2O2.BrH/c1-26(2)15-19-38-34-22-31(35(39-20-16-27(3)4)33-12-8-7-11-32(33)34)24-37-18-17-36(25-37)23-28-13-14-29-9-5-6-10-30(29)21-28;/h5-14,17-18,21-22,25-27H,15-16,19-20,23-24H2,1-4H3;1H/q+1;/p-1. The van der Waals surface area contributed by atoms with E-state index in [1.807, 2.05) is 0 Å². The number of aromatic nitrogens is 2. The van der Waals surface area contributed by atoms with Crippen molar-refractivity contribution in [1.82, 2.24) is 4.57 Å². The molecule has 0 N–H and O–H groups in total. The van der Waals surface area contributed by atoms with Crippen molar-refractivity contribution in [3.63, 3.8) is 0 Å². The number of fused-ring (bicyclic) bond motifs is 2. The highest BCUT2D eigenvalue weighted by Crippen LogP contribution is 2.38. The second-order valence-corrected chi connectivity index (χ2v) is 11.4. The Morgan fingerprint density at radius 2 is 1.43 bits per heavy atom. The van der Waals surface area contributed by atoms with E-state index < -0.39 is 0 Å². The minimum Gasteiger partial charge on any atom is -1.00 e. The van der Waals surface area contributed by atoms with Gasteiger partial charge in [-0.3, -0.25) is 0 Å². The third kappa shape index (κ3) is 7.45. The lowest BCUT2D eigenvalue weighted by molar-refractivity contribution is -0.687. The molecule has 40 heavy (non-hydrogen) atoms. The van der Waals surface area contributed by atoms with E-state index in [1.165, 1.54) is 16.3 Å². The van der Waals surface area contributed by atoms with E-state index in [4.69, 9.17) is 9.47 Å². The van der Waals surface area contributed by atoms with E-state index >= 15 is 0 Å². The Hall–Kier alpha value is -3.31. The van der Waals surface area contributed by atoms with Gasteiger partial charge in [-0.25, -0.2) is 9.13 Å². The summed E-state index contributed by atoms with van der Waals surface area (Å²) in [7, 11) is 0. The number of nitrogens with zero attached hydrogens (tertiary/aromatic N) is 2. The van der Waals surface area contributed by atoms with E-state index in [9.17, 15) is 0 Å². The number of imidazole rings is 1. The summed E-state index contributed by atoms with van der Waals surface area (Å²) in [5.74, 6) is 3.11. The van der Waals surface area contributed by atoms with Crippen LogP contribution in [0.25, 0.3) is 21.5 Å². The third-order valence-corrected chi connectivity index (χ3v) is 7.21. The van der Waals surface area contributed by atoms with Crippen LogP contribution in [0.4, 0.5) is 0 Å². The molecule has 4 nitrogen and oxygen atoms in total. The molecule has 5 rings (SSSR count). The van der Waals surface area contributed by atoms with Crippen LogP contribution in [-0.2, 0) is 13.1 Å². The molecule has 0 saturated carbocycles. The Morgan fingerprint density at radius 3 is 2.17 bits per heavy atom. The largest absolute Gasteiger partial charge is 1.00 e. The van der Waals surface area contributed by atoms with Crippen molar-refractivity contribution >= 4 is 21.5 Å². The zero-order chi connectivity index (χ0) is 27.2. The van der Waals surface area contributed by atoms with Crippen LogP contribution in [0.3, 0.4) is 0 Å². The molecule has 0 fully saturated rings.